The van der Waals surface area contributed by atoms with Gasteiger partial charge >= 0.3 is 0 Å². The first-order valence-corrected chi connectivity index (χ1v) is 12.5. The number of fused-ring (bicyclic) bond motifs is 1. The van der Waals surface area contributed by atoms with E-state index in [2.05, 4.69) is 14.7 Å². The fourth-order valence-corrected chi connectivity index (χ4v) is 5.58. The lowest BCUT2D eigenvalue weighted by Gasteiger charge is -2.32. The zero-order chi connectivity index (χ0) is 22.9. The molecule has 170 valence electrons. The van der Waals surface area contributed by atoms with E-state index >= 15 is 0 Å². The molecule has 0 unspecified atom stereocenters. The summed E-state index contributed by atoms with van der Waals surface area (Å²) in [4.78, 5) is 22.0. The van der Waals surface area contributed by atoms with Crippen LogP contribution in [0.1, 0.15) is 39.5 Å². The number of pyridine rings is 1. The van der Waals surface area contributed by atoms with Crippen molar-refractivity contribution in [1.82, 2.24) is 19.6 Å². The molecule has 7 nitrogen and oxygen atoms in total. The van der Waals surface area contributed by atoms with E-state index in [1.54, 1.807) is 35.5 Å². The molecule has 1 amide bonds. The van der Waals surface area contributed by atoms with E-state index in [1.807, 2.05) is 39.1 Å². The molecule has 0 aliphatic heterocycles. The van der Waals surface area contributed by atoms with Gasteiger partial charge in [0.25, 0.3) is 0 Å². The Morgan fingerprint density at radius 3 is 2.56 bits per heavy atom. The second-order valence-electron chi connectivity index (χ2n) is 8.89. The van der Waals surface area contributed by atoms with Crippen molar-refractivity contribution < 1.29 is 13.2 Å². The number of rotatable bonds is 6. The van der Waals surface area contributed by atoms with Crippen molar-refractivity contribution in [2.24, 2.45) is 5.92 Å². The fourth-order valence-electron chi connectivity index (χ4n) is 4.24. The first-order valence-electron chi connectivity index (χ1n) is 11.1. The van der Waals surface area contributed by atoms with Crippen LogP contribution in [0.2, 0.25) is 0 Å². The fraction of sp³-hybridized carbons (Fsp3) is 0.417. The molecule has 1 fully saturated rings. The normalized spacial score (nSPS) is 19.4. The average molecular weight is 455 g/mol. The van der Waals surface area contributed by atoms with Crippen LogP contribution in [-0.2, 0) is 14.8 Å². The van der Waals surface area contributed by atoms with E-state index in [9.17, 15) is 13.2 Å². The second-order valence-corrected chi connectivity index (χ2v) is 10.6. The van der Waals surface area contributed by atoms with Crippen LogP contribution in [0.25, 0.3) is 22.2 Å². The standard InChI is InChI=1S/C24H30N4O3S/c1-16(2)28(3)24(29)17-6-8-20(9-7-17)27-32(30,31)21-10-11-22-19(13-21)14-23(26-22)18-5-4-12-25-15-18/h4-5,10-17,20,26-27H,6-9H2,1-3H3/t17-,20-. The molecule has 2 N–H and O–H groups in total. The lowest BCUT2D eigenvalue weighted by Crippen LogP contribution is -2.42. The van der Waals surface area contributed by atoms with Crippen molar-refractivity contribution in [3.8, 4) is 11.3 Å². The highest BCUT2D eigenvalue weighted by Crippen LogP contribution is 2.29. The van der Waals surface area contributed by atoms with Gasteiger partial charge in [0.05, 0.1) is 4.90 Å². The van der Waals surface area contributed by atoms with E-state index in [0.717, 1.165) is 22.2 Å². The van der Waals surface area contributed by atoms with Gasteiger partial charge in [0.2, 0.25) is 15.9 Å². The van der Waals surface area contributed by atoms with Crippen LogP contribution in [0.3, 0.4) is 0 Å². The first kappa shape index (κ1) is 22.5. The number of hydrogen-bond donors (Lipinski definition) is 2. The van der Waals surface area contributed by atoms with Crippen LogP contribution in [-0.4, -0.2) is 48.3 Å². The van der Waals surface area contributed by atoms with Crippen molar-refractivity contribution in [2.75, 3.05) is 7.05 Å². The van der Waals surface area contributed by atoms with Gasteiger partial charge in [0.15, 0.2) is 0 Å². The third-order valence-electron chi connectivity index (χ3n) is 6.40. The van der Waals surface area contributed by atoms with Gasteiger partial charge in [-0.15, -0.1) is 0 Å². The molecule has 2 heterocycles. The maximum absolute atomic E-state index is 13.0. The predicted molar refractivity (Wildman–Crippen MR) is 126 cm³/mol. The van der Waals surface area contributed by atoms with E-state index in [4.69, 9.17) is 0 Å². The molecule has 4 rings (SSSR count). The Kier molecular flexibility index (Phi) is 6.35. The first-order chi connectivity index (χ1) is 15.2. The number of carbonyl (C=O) groups excluding carboxylic acids is 1. The van der Waals surface area contributed by atoms with Crippen LogP contribution in [0.15, 0.2) is 53.7 Å². The van der Waals surface area contributed by atoms with Crippen LogP contribution in [0.4, 0.5) is 0 Å². The summed E-state index contributed by atoms with van der Waals surface area (Å²) in [5.41, 5.74) is 2.71. The molecule has 0 bridgehead atoms. The molecule has 1 saturated carbocycles. The van der Waals surface area contributed by atoms with Gasteiger partial charge in [-0.05, 0) is 75.9 Å². The Morgan fingerprint density at radius 1 is 1.16 bits per heavy atom. The molecule has 2 aromatic heterocycles. The minimum atomic E-state index is -3.65. The number of carbonyl (C=O) groups is 1. The summed E-state index contributed by atoms with van der Waals surface area (Å²) in [7, 11) is -1.81. The number of H-pyrrole nitrogens is 1. The number of benzene rings is 1. The highest BCUT2D eigenvalue weighted by Gasteiger charge is 2.31. The molecular formula is C24H30N4O3S. The Hall–Kier alpha value is -2.71. The Bertz CT molecular complexity index is 1200. The number of hydrogen-bond acceptors (Lipinski definition) is 4. The molecule has 0 spiro atoms. The summed E-state index contributed by atoms with van der Waals surface area (Å²) in [6, 6.07) is 10.9. The van der Waals surface area contributed by atoms with E-state index in [0.29, 0.717) is 25.7 Å². The monoisotopic (exact) mass is 454 g/mol. The number of nitrogens with zero attached hydrogens (tertiary/aromatic N) is 2. The zero-order valence-corrected chi connectivity index (χ0v) is 19.5. The van der Waals surface area contributed by atoms with Gasteiger partial charge in [-0.25, -0.2) is 13.1 Å². The van der Waals surface area contributed by atoms with E-state index in [-0.39, 0.29) is 28.8 Å². The summed E-state index contributed by atoms with van der Waals surface area (Å²) >= 11 is 0. The van der Waals surface area contributed by atoms with Gasteiger partial charge < -0.3 is 9.88 Å². The van der Waals surface area contributed by atoms with Crippen LogP contribution in [0, 0.1) is 5.92 Å². The maximum atomic E-state index is 13.0. The number of aromatic nitrogens is 2. The van der Waals surface area contributed by atoms with Gasteiger partial charge in [-0.3, -0.25) is 9.78 Å². The Morgan fingerprint density at radius 2 is 1.91 bits per heavy atom. The van der Waals surface area contributed by atoms with Crippen LogP contribution < -0.4 is 4.72 Å². The smallest absolute Gasteiger partial charge is 0.240 e. The summed E-state index contributed by atoms with van der Waals surface area (Å²) in [6.45, 7) is 4.00. The summed E-state index contributed by atoms with van der Waals surface area (Å²) < 4.78 is 28.9. The molecule has 3 aromatic rings. The SMILES string of the molecule is CC(C)N(C)C(=O)[C@H]1CC[C@H](NS(=O)(=O)c2ccc3[nH]c(-c4cccnc4)cc3c2)CC1. The van der Waals surface area contributed by atoms with Gasteiger partial charge in [0, 0.05) is 59.6 Å². The molecule has 1 aromatic carbocycles. The quantitative estimate of drug-likeness (QED) is 0.590. The predicted octanol–water partition coefficient (Wildman–Crippen LogP) is 3.93. The second kappa shape index (κ2) is 9.03. The van der Waals surface area contributed by atoms with Gasteiger partial charge in [-0.2, -0.15) is 0 Å². The third-order valence-corrected chi connectivity index (χ3v) is 7.91. The minimum Gasteiger partial charge on any atom is -0.354 e. The lowest BCUT2D eigenvalue weighted by molar-refractivity contribution is -0.136. The molecule has 32 heavy (non-hydrogen) atoms. The molecule has 0 atom stereocenters. The van der Waals surface area contributed by atoms with Crippen molar-refractivity contribution in [3.05, 3.63) is 48.8 Å². The molecule has 1 aliphatic carbocycles. The van der Waals surface area contributed by atoms with E-state index in [1.165, 1.54) is 0 Å². The van der Waals surface area contributed by atoms with Crippen LogP contribution in [0.5, 0.6) is 0 Å². The molecular weight excluding hydrogens is 424 g/mol. The van der Waals surface area contributed by atoms with Crippen molar-refractivity contribution in [1.29, 1.82) is 0 Å². The topological polar surface area (TPSA) is 95.2 Å². The summed E-state index contributed by atoms with van der Waals surface area (Å²) in [6.07, 6.45) is 6.22. The van der Waals surface area contributed by atoms with E-state index < -0.39 is 10.0 Å². The highest BCUT2D eigenvalue weighted by molar-refractivity contribution is 7.89. The van der Waals surface area contributed by atoms with Crippen LogP contribution >= 0.6 is 0 Å². The Balaban J connectivity index is 1.44. The largest absolute Gasteiger partial charge is 0.354 e. The number of sulfonamides is 1. The lowest BCUT2D eigenvalue weighted by atomic mass is 9.85. The third kappa shape index (κ3) is 4.71. The summed E-state index contributed by atoms with van der Waals surface area (Å²) in [5, 5.41) is 0.831. The van der Waals surface area contributed by atoms with Crippen molar-refractivity contribution in [2.45, 2.75) is 56.5 Å². The molecule has 1 aliphatic rings. The number of amides is 1. The molecule has 8 heteroatoms. The zero-order valence-electron chi connectivity index (χ0n) is 18.7. The Labute approximate surface area is 189 Å². The molecule has 0 saturated heterocycles. The number of aromatic amines is 1. The maximum Gasteiger partial charge on any atom is 0.240 e. The van der Waals surface area contributed by atoms with Crippen molar-refractivity contribution >= 4 is 26.8 Å². The van der Waals surface area contributed by atoms with Gasteiger partial charge in [0.1, 0.15) is 0 Å². The molecule has 0 radical (unpaired) electrons. The average Bonchev–Trinajstić information content (AvgIpc) is 3.22. The minimum absolute atomic E-state index is 0.0229. The summed E-state index contributed by atoms with van der Waals surface area (Å²) in [5.74, 6) is 0.133. The highest BCUT2D eigenvalue weighted by atomic mass is 32.2. The van der Waals surface area contributed by atoms with Gasteiger partial charge in [-0.1, -0.05) is 0 Å². The van der Waals surface area contributed by atoms with Crippen molar-refractivity contribution in [3.63, 3.8) is 0 Å². The number of nitrogens with one attached hydrogen (secondary N) is 2.